The molecule has 0 saturated heterocycles. The second-order valence-corrected chi connectivity index (χ2v) is 12.5. The minimum Gasteiger partial charge on any atom is -0.494 e. The van der Waals surface area contributed by atoms with Crippen LogP contribution in [-0.4, -0.2) is 50.9 Å². The van der Waals surface area contributed by atoms with Gasteiger partial charge in [-0.25, -0.2) is 8.42 Å². The zero-order valence-electron chi connectivity index (χ0n) is 24.0. The highest BCUT2D eigenvalue weighted by molar-refractivity contribution is 9.10. The summed E-state index contributed by atoms with van der Waals surface area (Å²) in [7, 11) is -4.14. The Balaban J connectivity index is 2.00. The molecule has 0 saturated carbocycles. The third kappa shape index (κ3) is 8.81. The fraction of sp³-hybridized carbons (Fsp3) is 0.355. The Morgan fingerprint density at radius 2 is 1.59 bits per heavy atom. The van der Waals surface area contributed by atoms with Crippen LogP contribution in [0.3, 0.4) is 0 Å². The zero-order chi connectivity index (χ0) is 30.0. The van der Waals surface area contributed by atoms with Crippen LogP contribution >= 0.6 is 15.9 Å². The number of nitrogens with zero attached hydrogens (tertiary/aromatic N) is 2. The number of hydrogen-bond acceptors (Lipinski definition) is 5. The Kier molecular flexibility index (Phi) is 11.8. The molecule has 0 heterocycles. The maximum Gasteiger partial charge on any atom is 0.264 e. The molecule has 0 unspecified atom stereocenters. The molecule has 0 aliphatic heterocycles. The third-order valence-corrected chi connectivity index (χ3v) is 8.90. The summed E-state index contributed by atoms with van der Waals surface area (Å²) in [5.74, 6) is -0.206. The summed E-state index contributed by atoms with van der Waals surface area (Å²) >= 11 is 3.34. The van der Waals surface area contributed by atoms with Crippen molar-refractivity contribution >= 4 is 43.5 Å². The number of amides is 2. The predicted molar refractivity (Wildman–Crippen MR) is 165 cm³/mol. The number of ether oxygens (including phenoxy) is 1. The van der Waals surface area contributed by atoms with Gasteiger partial charge in [0.1, 0.15) is 18.3 Å². The van der Waals surface area contributed by atoms with Gasteiger partial charge in [0, 0.05) is 17.6 Å². The summed E-state index contributed by atoms with van der Waals surface area (Å²) in [6, 6.07) is 19.7. The highest BCUT2D eigenvalue weighted by atomic mass is 79.9. The third-order valence-electron chi connectivity index (χ3n) is 6.59. The van der Waals surface area contributed by atoms with E-state index < -0.39 is 28.5 Å². The number of benzene rings is 3. The van der Waals surface area contributed by atoms with Crippen LogP contribution in [0.25, 0.3) is 0 Å². The summed E-state index contributed by atoms with van der Waals surface area (Å²) in [6.07, 6.45) is 1.74. The van der Waals surface area contributed by atoms with Gasteiger partial charge in [-0.05, 0) is 81.3 Å². The van der Waals surface area contributed by atoms with Crippen LogP contribution in [0.15, 0.2) is 82.2 Å². The first kappa shape index (κ1) is 32.1. The average Bonchev–Trinajstić information content (AvgIpc) is 2.96. The molecule has 3 aromatic rings. The van der Waals surface area contributed by atoms with Crippen molar-refractivity contribution in [3.8, 4) is 5.75 Å². The molecular weight excluding hydrogens is 606 g/mol. The van der Waals surface area contributed by atoms with E-state index in [-0.39, 0.29) is 17.3 Å². The molecule has 0 bridgehead atoms. The lowest BCUT2D eigenvalue weighted by Crippen LogP contribution is -2.51. The van der Waals surface area contributed by atoms with Gasteiger partial charge < -0.3 is 15.0 Å². The molecule has 3 aromatic carbocycles. The van der Waals surface area contributed by atoms with E-state index in [0.717, 1.165) is 32.7 Å². The molecule has 0 fully saturated rings. The number of carbonyl (C=O) groups is 2. The molecule has 3 rings (SSSR count). The standard InChI is InChI=1S/C31H38BrN3O5S/c1-5-7-20-33-31(37)24(4)34(21-25-10-8-23(3)9-11-25)30(36)22-35(27-14-16-28(17-15-27)40-6-2)41(38,39)29-18-12-26(32)13-19-29/h8-19,24H,5-7,20-22H2,1-4H3,(H,33,37)/t24-/m0/s1. The number of nitrogens with one attached hydrogen (secondary N) is 1. The predicted octanol–water partition coefficient (Wildman–Crippen LogP) is 5.69. The van der Waals surface area contributed by atoms with E-state index in [1.165, 1.54) is 17.0 Å². The first-order valence-corrected chi connectivity index (χ1v) is 15.9. The minimum absolute atomic E-state index is 0.0397. The number of hydrogen-bond donors (Lipinski definition) is 1. The number of sulfonamides is 1. The van der Waals surface area contributed by atoms with Crippen molar-refractivity contribution < 1.29 is 22.7 Å². The Morgan fingerprint density at radius 1 is 0.951 bits per heavy atom. The Labute approximate surface area is 251 Å². The molecule has 1 N–H and O–H groups in total. The van der Waals surface area contributed by atoms with Crippen molar-refractivity contribution in [1.29, 1.82) is 0 Å². The summed E-state index contributed by atoms with van der Waals surface area (Å²) in [6.45, 7) is 8.15. The minimum atomic E-state index is -4.14. The van der Waals surface area contributed by atoms with E-state index in [9.17, 15) is 18.0 Å². The SMILES string of the molecule is CCCCNC(=O)[C@H](C)N(Cc1ccc(C)cc1)C(=O)CN(c1ccc(OCC)cc1)S(=O)(=O)c1ccc(Br)cc1. The van der Waals surface area contributed by atoms with Crippen LogP contribution in [0.4, 0.5) is 5.69 Å². The zero-order valence-corrected chi connectivity index (χ0v) is 26.4. The molecule has 8 nitrogen and oxygen atoms in total. The van der Waals surface area contributed by atoms with Crippen LogP contribution in [0.5, 0.6) is 5.75 Å². The van der Waals surface area contributed by atoms with E-state index in [1.807, 2.05) is 45.0 Å². The first-order chi connectivity index (χ1) is 19.6. The van der Waals surface area contributed by atoms with Crippen molar-refractivity contribution in [1.82, 2.24) is 10.2 Å². The van der Waals surface area contributed by atoms with Crippen LogP contribution in [0.2, 0.25) is 0 Å². The molecule has 0 aromatic heterocycles. The Bertz CT molecular complexity index is 1400. The van der Waals surface area contributed by atoms with Gasteiger partial charge in [-0.15, -0.1) is 0 Å². The molecule has 2 amide bonds. The Hall–Kier alpha value is -3.37. The lowest BCUT2D eigenvalue weighted by molar-refractivity contribution is -0.139. The van der Waals surface area contributed by atoms with Crippen molar-refractivity contribution in [2.75, 3.05) is 24.0 Å². The fourth-order valence-corrected chi connectivity index (χ4v) is 5.83. The number of rotatable bonds is 14. The molecule has 10 heteroatoms. The number of aryl methyl sites for hydroxylation is 1. The normalized spacial score (nSPS) is 11.9. The molecule has 41 heavy (non-hydrogen) atoms. The summed E-state index contributed by atoms with van der Waals surface area (Å²) in [4.78, 5) is 28.5. The monoisotopic (exact) mass is 643 g/mol. The van der Waals surface area contributed by atoms with Gasteiger partial charge >= 0.3 is 0 Å². The number of anilines is 1. The summed E-state index contributed by atoms with van der Waals surface area (Å²) in [5.41, 5.74) is 2.21. The van der Waals surface area contributed by atoms with Gasteiger partial charge in [0.15, 0.2) is 0 Å². The largest absolute Gasteiger partial charge is 0.494 e. The van der Waals surface area contributed by atoms with Crippen LogP contribution < -0.4 is 14.4 Å². The van der Waals surface area contributed by atoms with Crippen molar-refractivity contribution in [2.45, 2.75) is 58.0 Å². The molecular formula is C31H38BrN3O5S. The highest BCUT2D eigenvalue weighted by Gasteiger charge is 2.32. The van der Waals surface area contributed by atoms with E-state index in [4.69, 9.17) is 4.74 Å². The van der Waals surface area contributed by atoms with E-state index in [0.29, 0.717) is 24.6 Å². The number of carbonyl (C=O) groups excluding carboxylic acids is 2. The average molecular weight is 645 g/mol. The van der Waals surface area contributed by atoms with Gasteiger partial charge in [0.2, 0.25) is 11.8 Å². The van der Waals surface area contributed by atoms with Crippen molar-refractivity contribution in [2.24, 2.45) is 0 Å². The summed E-state index contributed by atoms with van der Waals surface area (Å²) < 4.78 is 35.2. The fourth-order valence-electron chi connectivity index (χ4n) is 4.15. The topological polar surface area (TPSA) is 96.0 Å². The van der Waals surface area contributed by atoms with Gasteiger partial charge in [-0.2, -0.15) is 0 Å². The number of unbranched alkanes of at least 4 members (excludes halogenated alkanes) is 1. The molecule has 0 aliphatic carbocycles. The van der Waals surface area contributed by atoms with Gasteiger partial charge in [0.05, 0.1) is 17.2 Å². The molecule has 0 spiro atoms. The Morgan fingerprint density at radius 3 is 2.17 bits per heavy atom. The van der Waals surface area contributed by atoms with Crippen molar-refractivity contribution in [3.63, 3.8) is 0 Å². The van der Waals surface area contributed by atoms with E-state index in [2.05, 4.69) is 21.2 Å². The maximum atomic E-state index is 14.0. The van der Waals surface area contributed by atoms with Gasteiger partial charge in [-0.3, -0.25) is 13.9 Å². The second kappa shape index (κ2) is 15.0. The quantitative estimate of drug-likeness (QED) is 0.228. The second-order valence-electron chi connectivity index (χ2n) is 9.72. The lowest BCUT2D eigenvalue weighted by atomic mass is 10.1. The summed E-state index contributed by atoms with van der Waals surface area (Å²) in [5, 5.41) is 2.90. The van der Waals surface area contributed by atoms with Gasteiger partial charge in [0.25, 0.3) is 10.0 Å². The van der Waals surface area contributed by atoms with Crippen LogP contribution in [0, 0.1) is 6.92 Å². The first-order valence-electron chi connectivity index (χ1n) is 13.7. The van der Waals surface area contributed by atoms with Crippen molar-refractivity contribution in [3.05, 3.63) is 88.4 Å². The number of halogens is 1. The van der Waals surface area contributed by atoms with Crippen LogP contribution in [0.1, 0.15) is 44.7 Å². The van der Waals surface area contributed by atoms with E-state index in [1.54, 1.807) is 43.3 Å². The van der Waals surface area contributed by atoms with Gasteiger partial charge in [-0.1, -0.05) is 59.1 Å². The van der Waals surface area contributed by atoms with Crippen LogP contribution in [-0.2, 0) is 26.2 Å². The highest BCUT2D eigenvalue weighted by Crippen LogP contribution is 2.27. The molecule has 0 aliphatic rings. The lowest BCUT2D eigenvalue weighted by Gasteiger charge is -2.32. The molecule has 1 atom stereocenters. The maximum absolute atomic E-state index is 14.0. The molecule has 0 radical (unpaired) electrons. The molecule has 220 valence electrons. The smallest absolute Gasteiger partial charge is 0.264 e. The van der Waals surface area contributed by atoms with E-state index >= 15 is 0 Å².